The third-order valence-electron chi connectivity index (χ3n) is 2.30. The molecular formula is C12H15ClO2. The summed E-state index contributed by atoms with van der Waals surface area (Å²) in [5.74, 6) is 0.954. The van der Waals surface area contributed by atoms with Crippen LogP contribution in [0.2, 0.25) is 5.02 Å². The first-order valence-corrected chi connectivity index (χ1v) is 5.23. The van der Waals surface area contributed by atoms with E-state index < -0.39 is 0 Å². The summed E-state index contributed by atoms with van der Waals surface area (Å²) in [7, 11) is 1.58. The van der Waals surface area contributed by atoms with Crippen LogP contribution in [0.15, 0.2) is 12.1 Å². The molecule has 0 heterocycles. The zero-order chi connectivity index (χ0) is 11.6. The molecule has 1 rings (SSSR count). The lowest BCUT2D eigenvalue weighted by atomic mass is 9.98. The molecule has 0 aliphatic carbocycles. The monoisotopic (exact) mass is 226 g/mol. The van der Waals surface area contributed by atoms with Gasteiger partial charge in [0.1, 0.15) is 5.75 Å². The summed E-state index contributed by atoms with van der Waals surface area (Å²) in [6, 6.07) is 3.49. The van der Waals surface area contributed by atoms with Crippen molar-refractivity contribution in [2.75, 3.05) is 7.11 Å². The number of methoxy groups -OCH3 is 1. The molecule has 0 aliphatic rings. The summed E-state index contributed by atoms with van der Waals surface area (Å²) >= 11 is 6.05. The fourth-order valence-corrected chi connectivity index (χ4v) is 1.77. The quantitative estimate of drug-likeness (QED) is 0.735. The summed E-state index contributed by atoms with van der Waals surface area (Å²) in [5, 5.41) is 0.494. The molecule has 0 aliphatic heterocycles. The van der Waals surface area contributed by atoms with Gasteiger partial charge >= 0.3 is 0 Å². The van der Waals surface area contributed by atoms with E-state index in [-0.39, 0.29) is 11.7 Å². The summed E-state index contributed by atoms with van der Waals surface area (Å²) < 4.78 is 5.23. The molecule has 82 valence electrons. The van der Waals surface area contributed by atoms with Crippen LogP contribution in [0.1, 0.15) is 42.6 Å². The number of carbonyl (C=O) groups excluding carboxylic acids is 1. The molecule has 0 amide bonds. The van der Waals surface area contributed by atoms with Gasteiger partial charge in [-0.2, -0.15) is 0 Å². The van der Waals surface area contributed by atoms with Crippen molar-refractivity contribution in [1.82, 2.24) is 0 Å². The minimum Gasteiger partial charge on any atom is -0.495 e. The van der Waals surface area contributed by atoms with Crippen molar-refractivity contribution < 1.29 is 9.53 Å². The molecule has 2 nitrogen and oxygen atoms in total. The Kier molecular flexibility index (Phi) is 3.75. The average Bonchev–Trinajstić information content (AvgIpc) is 2.16. The number of rotatable bonds is 3. The Bertz CT molecular complexity index is 383. The van der Waals surface area contributed by atoms with E-state index in [1.807, 2.05) is 19.9 Å². The van der Waals surface area contributed by atoms with E-state index in [0.29, 0.717) is 16.3 Å². The Labute approximate surface area is 95.2 Å². The van der Waals surface area contributed by atoms with Crippen molar-refractivity contribution in [2.45, 2.75) is 26.7 Å². The summed E-state index contributed by atoms with van der Waals surface area (Å²) in [6.45, 7) is 5.61. The van der Waals surface area contributed by atoms with Crippen LogP contribution in [-0.4, -0.2) is 12.9 Å². The Morgan fingerprint density at radius 1 is 1.40 bits per heavy atom. The van der Waals surface area contributed by atoms with Crippen molar-refractivity contribution in [3.05, 3.63) is 28.3 Å². The van der Waals surface area contributed by atoms with Crippen LogP contribution >= 0.6 is 11.6 Å². The molecule has 1 aromatic carbocycles. The molecule has 0 saturated carbocycles. The average molecular weight is 227 g/mol. The van der Waals surface area contributed by atoms with Crippen molar-refractivity contribution in [3.8, 4) is 5.75 Å². The van der Waals surface area contributed by atoms with Gasteiger partial charge in [-0.05, 0) is 30.5 Å². The second-order valence-electron chi connectivity index (χ2n) is 3.79. The van der Waals surface area contributed by atoms with Crippen molar-refractivity contribution >= 4 is 17.4 Å². The Balaban J connectivity index is 3.38. The number of Topliss-reactive ketones (excluding diaryl/α,β-unsaturated/α-hetero) is 1. The number of benzene rings is 1. The van der Waals surface area contributed by atoms with Crippen molar-refractivity contribution in [1.29, 1.82) is 0 Å². The molecule has 0 N–H and O–H groups in total. The van der Waals surface area contributed by atoms with Crippen molar-refractivity contribution in [3.63, 3.8) is 0 Å². The minimum absolute atomic E-state index is 0.0152. The smallest absolute Gasteiger partial charge is 0.159 e. The maximum Gasteiger partial charge on any atom is 0.159 e. The molecule has 0 saturated heterocycles. The van der Waals surface area contributed by atoms with E-state index in [0.717, 1.165) is 5.56 Å². The molecule has 0 aromatic heterocycles. The van der Waals surface area contributed by atoms with Gasteiger partial charge in [-0.1, -0.05) is 25.4 Å². The standard InChI is InChI=1S/C12H15ClO2/c1-7(2)10-5-9(8(3)14)6-11(13)12(10)15-4/h5-7H,1-4H3. The Morgan fingerprint density at radius 2 is 2.00 bits per heavy atom. The molecular weight excluding hydrogens is 212 g/mol. The SMILES string of the molecule is COc1c(Cl)cc(C(C)=O)cc1C(C)C. The molecule has 0 spiro atoms. The third-order valence-corrected chi connectivity index (χ3v) is 2.59. The fraction of sp³-hybridized carbons (Fsp3) is 0.417. The van der Waals surface area contributed by atoms with Gasteiger partial charge in [-0.15, -0.1) is 0 Å². The number of ether oxygens (including phenoxy) is 1. The molecule has 0 unspecified atom stereocenters. The largest absolute Gasteiger partial charge is 0.495 e. The molecule has 1 aromatic rings. The number of ketones is 1. The first-order chi connectivity index (χ1) is 6.97. The maximum absolute atomic E-state index is 11.3. The van der Waals surface area contributed by atoms with Crippen LogP contribution in [0.25, 0.3) is 0 Å². The first-order valence-electron chi connectivity index (χ1n) is 4.85. The molecule has 3 heteroatoms. The van der Waals surface area contributed by atoms with Gasteiger partial charge < -0.3 is 4.74 Å². The number of hydrogen-bond donors (Lipinski definition) is 0. The van der Waals surface area contributed by atoms with E-state index in [4.69, 9.17) is 16.3 Å². The zero-order valence-electron chi connectivity index (χ0n) is 9.43. The molecule has 0 bridgehead atoms. The molecule has 0 atom stereocenters. The highest BCUT2D eigenvalue weighted by Gasteiger charge is 2.14. The Morgan fingerprint density at radius 3 is 2.40 bits per heavy atom. The Hall–Kier alpha value is -1.02. The number of carbonyl (C=O) groups is 1. The lowest BCUT2D eigenvalue weighted by Gasteiger charge is -2.14. The fourth-order valence-electron chi connectivity index (χ4n) is 1.46. The summed E-state index contributed by atoms with van der Waals surface area (Å²) in [5.41, 5.74) is 1.60. The van der Waals surface area contributed by atoms with E-state index in [9.17, 15) is 4.79 Å². The lowest BCUT2D eigenvalue weighted by Crippen LogP contribution is -2.00. The van der Waals surface area contributed by atoms with Gasteiger partial charge in [0.2, 0.25) is 0 Å². The second kappa shape index (κ2) is 4.67. The predicted octanol–water partition coefficient (Wildman–Crippen LogP) is 3.67. The molecule has 0 fully saturated rings. The van der Waals surface area contributed by atoms with Gasteiger partial charge in [-0.3, -0.25) is 4.79 Å². The maximum atomic E-state index is 11.3. The van der Waals surface area contributed by atoms with Gasteiger partial charge in [0, 0.05) is 5.56 Å². The van der Waals surface area contributed by atoms with Crippen LogP contribution in [0.5, 0.6) is 5.75 Å². The zero-order valence-corrected chi connectivity index (χ0v) is 10.2. The highest BCUT2D eigenvalue weighted by molar-refractivity contribution is 6.32. The van der Waals surface area contributed by atoms with E-state index in [2.05, 4.69) is 0 Å². The van der Waals surface area contributed by atoms with Crippen LogP contribution < -0.4 is 4.74 Å². The van der Waals surface area contributed by atoms with Gasteiger partial charge in [0.15, 0.2) is 5.78 Å². The van der Waals surface area contributed by atoms with Gasteiger partial charge in [-0.25, -0.2) is 0 Å². The van der Waals surface area contributed by atoms with Crippen LogP contribution in [0, 0.1) is 0 Å². The van der Waals surface area contributed by atoms with E-state index >= 15 is 0 Å². The third kappa shape index (κ3) is 2.51. The molecule has 0 radical (unpaired) electrons. The van der Waals surface area contributed by atoms with Crippen LogP contribution in [0.3, 0.4) is 0 Å². The summed E-state index contributed by atoms with van der Waals surface area (Å²) in [6.07, 6.45) is 0. The van der Waals surface area contributed by atoms with Crippen LogP contribution in [-0.2, 0) is 0 Å². The van der Waals surface area contributed by atoms with Crippen LogP contribution in [0.4, 0.5) is 0 Å². The normalized spacial score (nSPS) is 10.5. The number of hydrogen-bond acceptors (Lipinski definition) is 2. The van der Waals surface area contributed by atoms with E-state index in [1.54, 1.807) is 13.2 Å². The highest BCUT2D eigenvalue weighted by atomic mass is 35.5. The van der Waals surface area contributed by atoms with Gasteiger partial charge in [0.05, 0.1) is 12.1 Å². The van der Waals surface area contributed by atoms with Gasteiger partial charge in [0.25, 0.3) is 0 Å². The second-order valence-corrected chi connectivity index (χ2v) is 4.20. The minimum atomic E-state index is 0.0152. The van der Waals surface area contributed by atoms with Crippen molar-refractivity contribution in [2.24, 2.45) is 0 Å². The van der Waals surface area contributed by atoms with E-state index in [1.165, 1.54) is 6.92 Å². The molecule has 15 heavy (non-hydrogen) atoms. The summed E-state index contributed by atoms with van der Waals surface area (Å²) in [4.78, 5) is 11.3. The highest BCUT2D eigenvalue weighted by Crippen LogP contribution is 2.34. The first kappa shape index (κ1) is 12.1. The lowest BCUT2D eigenvalue weighted by molar-refractivity contribution is 0.101. The predicted molar refractivity (Wildman–Crippen MR) is 62.1 cm³/mol. The topological polar surface area (TPSA) is 26.3 Å². The number of halogens is 1.